The molecule has 0 radical (unpaired) electrons. The molecule has 0 spiro atoms. The molecule has 3 aromatic rings. The van der Waals surface area contributed by atoms with Gasteiger partial charge in [-0.1, -0.05) is 35.9 Å². The Balaban J connectivity index is 2.37. The van der Waals surface area contributed by atoms with Crippen LogP contribution in [0.3, 0.4) is 0 Å². The van der Waals surface area contributed by atoms with Crippen LogP contribution >= 0.6 is 0 Å². The van der Waals surface area contributed by atoms with Gasteiger partial charge in [0, 0.05) is 18.0 Å². The van der Waals surface area contributed by atoms with Gasteiger partial charge in [0.25, 0.3) is 0 Å². The fourth-order valence-electron chi connectivity index (χ4n) is 2.95. The van der Waals surface area contributed by atoms with E-state index in [1.165, 1.54) is 33.2 Å². The van der Waals surface area contributed by atoms with Gasteiger partial charge in [-0.3, -0.25) is 4.68 Å². The highest BCUT2D eigenvalue weighted by Crippen LogP contribution is 2.32. The Hall–Kier alpha value is -2.09. The van der Waals surface area contributed by atoms with E-state index in [9.17, 15) is 0 Å². The lowest BCUT2D eigenvalue weighted by Crippen LogP contribution is -1.93. The molecule has 1 heterocycles. The molecule has 0 aliphatic carbocycles. The molecule has 1 aromatic heterocycles. The van der Waals surface area contributed by atoms with Crippen LogP contribution < -0.4 is 0 Å². The van der Waals surface area contributed by atoms with Gasteiger partial charge in [-0.05, 0) is 38.0 Å². The standard InChI is InChI=1S/C17H18N2/c1-11-9-12(2)16(13(3)10-11)17-14-7-5-6-8-15(14)19(4)18-17/h5-10H,1-4H3. The summed E-state index contributed by atoms with van der Waals surface area (Å²) in [4.78, 5) is 0. The topological polar surface area (TPSA) is 17.8 Å². The minimum atomic E-state index is 1.09. The molecular weight excluding hydrogens is 232 g/mol. The third kappa shape index (κ3) is 1.84. The fraction of sp³-hybridized carbons (Fsp3) is 0.235. The molecule has 19 heavy (non-hydrogen) atoms. The predicted octanol–water partition coefficient (Wildman–Crippen LogP) is 4.17. The van der Waals surface area contributed by atoms with Gasteiger partial charge in [-0.15, -0.1) is 0 Å². The van der Waals surface area contributed by atoms with Crippen molar-refractivity contribution in [1.29, 1.82) is 0 Å². The Morgan fingerprint density at radius 2 is 1.58 bits per heavy atom. The number of rotatable bonds is 1. The first-order valence-corrected chi connectivity index (χ1v) is 6.58. The van der Waals surface area contributed by atoms with Crippen molar-refractivity contribution in [3.8, 4) is 11.3 Å². The lowest BCUT2D eigenvalue weighted by molar-refractivity contribution is 0.800. The molecule has 0 fully saturated rings. The van der Waals surface area contributed by atoms with Crippen LogP contribution in [0.2, 0.25) is 0 Å². The zero-order valence-corrected chi connectivity index (χ0v) is 11.9. The van der Waals surface area contributed by atoms with Crippen LogP contribution in [-0.4, -0.2) is 9.78 Å². The molecule has 0 saturated carbocycles. The third-order valence-corrected chi connectivity index (χ3v) is 3.67. The van der Waals surface area contributed by atoms with Gasteiger partial charge in [0.2, 0.25) is 0 Å². The molecule has 0 saturated heterocycles. The quantitative estimate of drug-likeness (QED) is 0.634. The van der Waals surface area contributed by atoms with E-state index in [1.807, 2.05) is 11.7 Å². The second-order valence-corrected chi connectivity index (χ2v) is 5.26. The SMILES string of the molecule is Cc1cc(C)c(-c2nn(C)c3ccccc23)c(C)c1. The van der Waals surface area contributed by atoms with Crippen molar-refractivity contribution in [2.75, 3.05) is 0 Å². The highest BCUT2D eigenvalue weighted by Gasteiger charge is 2.14. The van der Waals surface area contributed by atoms with Crippen molar-refractivity contribution in [2.24, 2.45) is 7.05 Å². The zero-order valence-electron chi connectivity index (χ0n) is 11.9. The van der Waals surface area contributed by atoms with E-state index in [-0.39, 0.29) is 0 Å². The average molecular weight is 250 g/mol. The molecule has 0 N–H and O–H groups in total. The van der Waals surface area contributed by atoms with Gasteiger partial charge in [0.15, 0.2) is 0 Å². The summed E-state index contributed by atoms with van der Waals surface area (Å²) in [5.41, 5.74) is 7.43. The maximum absolute atomic E-state index is 4.73. The van der Waals surface area contributed by atoms with Gasteiger partial charge < -0.3 is 0 Å². The molecule has 0 atom stereocenters. The van der Waals surface area contributed by atoms with Gasteiger partial charge in [0.1, 0.15) is 5.69 Å². The molecule has 0 unspecified atom stereocenters. The Bertz CT molecular complexity index is 743. The van der Waals surface area contributed by atoms with Crippen LogP contribution in [-0.2, 0) is 7.05 Å². The van der Waals surface area contributed by atoms with Gasteiger partial charge in [-0.25, -0.2) is 0 Å². The Morgan fingerprint density at radius 3 is 2.26 bits per heavy atom. The number of aromatic nitrogens is 2. The summed E-state index contributed by atoms with van der Waals surface area (Å²) in [6.45, 7) is 6.47. The molecule has 2 aromatic carbocycles. The maximum Gasteiger partial charge on any atom is 0.101 e. The molecule has 0 aliphatic heterocycles. The normalized spacial score (nSPS) is 11.2. The van der Waals surface area contributed by atoms with Crippen molar-refractivity contribution >= 4 is 10.9 Å². The smallest absolute Gasteiger partial charge is 0.101 e. The van der Waals surface area contributed by atoms with Crippen molar-refractivity contribution in [3.05, 3.63) is 53.1 Å². The first-order valence-electron chi connectivity index (χ1n) is 6.58. The highest BCUT2D eigenvalue weighted by atomic mass is 15.3. The molecule has 2 heteroatoms. The number of para-hydroxylation sites is 1. The van der Waals surface area contributed by atoms with E-state index in [4.69, 9.17) is 5.10 Å². The summed E-state index contributed by atoms with van der Waals surface area (Å²) in [5.74, 6) is 0. The Kier molecular flexibility index (Phi) is 2.67. The Morgan fingerprint density at radius 1 is 0.947 bits per heavy atom. The molecule has 0 amide bonds. The van der Waals surface area contributed by atoms with Gasteiger partial charge >= 0.3 is 0 Å². The van der Waals surface area contributed by atoms with E-state index in [2.05, 4.69) is 57.2 Å². The second kappa shape index (κ2) is 4.23. The third-order valence-electron chi connectivity index (χ3n) is 3.67. The zero-order chi connectivity index (χ0) is 13.6. The van der Waals surface area contributed by atoms with E-state index in [1.54, 1.807) is 0 Å². The number of hydrogen-bond donors (Lipinski definition) is 0. The van der Waals surface area contributed by atoms with E-state index < -0.39 is 0 Å². The summed E-state index contributed by atoms with van der Waals surface area (Å²) in [7, 11) is 2.00. The number of hydrogen-bond acceptors (Lipinski definition) is 1. The van der Waals surface area contributed by atoms with Crippen molar-refractivity contribution in [3.63, 3.8) is 0 Å². The summed E-state index contributed by atoms with van der Waals surface area (Å²) in [6, 6.07) is 12.9. The monoisotopic (exact) mass is 250 g/mol. The minimum absolute atomic E-state index is 1.09. The molecule has 0 bridgehead atoms. The van der Waals surface area contributed by atoms with Crippen LogP contribution in [0.15, 0.2) is 36.4 Å². The first kappa shape index (κ1) is 12.0. The summed E-state index contributed by atoms with van der Waals surface area (Å²) < 4.78 is 1.96. The van der Waals surface area contributed by atoms with Crippen molar-refractivity contribution < 1.29 is 0 Å². The van der Waals surface area contributed by atoms with Gasteiger partial charge in [-0.2, -0.15) is 5.10 Å². The largest absolute Gasteiger partial charge is 0.267 e. The van der Waals surface area contributed by atoms with E-state index in [0.717, 1.165) is 5.69 Å². The Labute approximate surface area is 113 Å². The number of benzene rings is 2. The summed E-state index contributed by atoms with van der Waals surface area (Å²) >= 11 is 0. The van der Waals surface area contributed by atoms with Crippen molar-refractivity contribution in [1.82, 2.24) is 9.78 Å². The highest BCUT2D eigenvalue weighted by molar-refractivity contribution is 5.94. The lowest BCUT2D eigenvalue weighted by Gasteiger charge is -2.09. The van der Waals surface area contributed by atoms with Crippen molar-refractivity contribution in [2.45, 2.75) is 20.8 Å². The summed E-state index contributed by atoms with van der Waals surface area (Å²) in [6.07, 6.45) is 0. The van der Waals surface area contributed by atoms with Crippen LogP contribution in [0, 0.1) is 20.8 Å². The molecular formula is C17H18N2. The van der Waals surface area contributed by atoms with Gasteiger partial charge in [0.05, 0.1) is 5.52 Å². The average Bonchev–Trinajstić information content (AvgIpc) is 2.67. The molecule has 96 valence electrons. The van der Waals surface area contributed by atoms with Crippen LogP contribution in [0.1, 0.15) is 16.7 Å². The van der Waals surface area contributed by atoms with Crippen LogP contribution in [0.4, 0.5) is 0 Å². The van der Waals surface area contributed by atoms with E-state index >= 15 is 0 Å². The number of aryl methyl sites for hydroxylation is 4. The first-order chi connectivity index (χ1) is 9.08. The summed E-state index contributed by atoms with van der Waals surface area (Å²) in [5, 5.41) is 5.95. The maximum atomic E-state index is 4.73. The predicted molar refractivity (Wildman–Crippen MR) is 80.4 cm³/mol. The second-order valence-electron chi connectivity index (χ2n) is 5.26. The fourth-order valence-corrected chi connectivity index (χ4v) is 2.95. The number of nitrogens with zero attached hydrogens (tertiary/aromatic N) is 2. The molecule has 2 nitrogen and oxygen atoms in total. The lowest BCUT2D eigenvalue weighted by atomic mass is 9.96. The minimum Gasteiger partial charge on any atom is -0.267 e. The van der Waals surface area contributed by atoms with Crippen LogP contribution in [0.25, 0.3) is 22.2 Å². The van der Waals surface area contributed by atoms with Crippen LogP contribution in [0.5, 0.6) is 0 Å². The van der Waals surface area contributed by atoms with E-state index in [0.29, 0.717) is 0 Å². The molecule has 0 aliphatic rings. The molecule has 3 rings (SSSR count). The number of fused-ring (bicyclic) bond motifs is 1.